The van der Waals surface area contributed by atoms with Crippen LogP contribution in [0.3, 0.4) is 0 Å². The highest BCUT2D eigenvalue weighted by Crippen LogP contribution is 2.25. The van der Waals surface area contributed by atoms with Crippen LogP contribution in [-0.4, -0.2) is 34.5 Å². The normalized spacial score (nSPS) is 9.65. The highest BCUT2D eigenvalue weighted by Gasteiger charge is 2.22. The molecule has 0 aliphatic carbocycles. The second-order valence-corrected chi connectivity index (χ2v) is 3.47. The monoisotopic (exact) mass is 282 g/mol. The van der Waals surface area contributed by atoms with Gasteiger partial charge in [0.2, 0.25) is 0 Å². The minimum atomic E-state index is -1.35. The van der Waals surface area contributed by atoms with Crippen molar-refractivity contribution in [1.82, 2.24) is 0 Å². The molecule has 1 amide bonds. The van der Waals surface area contributed by atoms with Gasteiger partial charge in [0.1, 0.15) is 5.69 Å². The fourth-order valence-electron chi connectivity index (χ4n) is 1.29. The number of esters is 1. The summed E-state index contributed by atoms with van der Waals surface area (Å²) in [6.45, 7) is 1.47. The molecule has 0 bridgehead atoms. The van der Waals surface area contributed by atoms with E-state index in [1.54, 1.807) is 0 Å². The number of nitrogens with zero attached hydrogens (tertiary/aromatic N) is 1. The molecule has 0 saturated heterocycles. The molecule has 0 aliphatic rings. The number of carboxylic acid groups (broad SMARTS) is 1. The molecule has 2 N–H and O–H groups in total. The van der Waals surface area contributed by atoms with Gasteiger partial charge in [0.15, 0.2) is 0 Å². The lowest BCUT2D eigenvalue weighted by Gasteiger charge is -2.06. The van der Waals surface area contributed by atoms with Gasteiger partial charge in [-0.2, -0.15) is 0 Å². The minimum absolute atomic E-state index is 0.0215. The molecule has 1 aromatic rings. The predicted octanol–water partition coefficient (Wildman–Crippen LogP) is 0.795. The Kier molecular flexibility index (Phi) is 4.73. The first-order valence-electron chi connectivity index (χ1n) is 5.36. The Morgan fingerprint density at radius 3 is 2.55 bits per heavy atom. The maximum atomic E-state index is 11.4. The van der Waals surface area contributed by atoms with E-state index in [1.807, 2.05) is 5.32 Å². The van der Waals surface area contributed by atoms with Gasteiger partial charge in [0.25, 0.3) is 5.69 Å². The van der Waals surface area contributed by atoms with E-state index < -0.39 is 28.5 Å². The van der Waals surface area contributed by atoms with Crippen LogP contribution < -0.4 is 5.32 Å². The third-order valence-corrected chi connectivity index (χ3v) is 2.15. The van der Waals surface area contributed by atoms with Crippen molar-refractivity contribution >= 4 is 29.2 Å². The molecule has 1 rings (SSSR count). The van der Waals surface area contributed by atoms with E-state index in [9.17, 15) is 24.5 Å². The summed E-state index contributed by atoms with van der Waals surface area (Å²) in [5.41, 5.74) is -1.24. The van der Waals surface area contributed by atoms with Gasteiger partial charge >= 0.3 is 17.8 Å². The fourth-order valence-corrected chi connectivity index (χ4v) is 1.29. The number of hydrogen-bond acceptors (Lipinski definition) is 6. The number of aromatic carboxylic acids is 1. The highest BCUT2D eigenvalue weighted by molar-refractivity contribution is 6.37. The molecular weight excluding hydrogens is 272 g/mol. The van der Waals surface area contributed by atoms with Crippen LogP contribution in [0, 0.1) is 10.1 Å². The first-order valence-corrected chi connectivity index (χ1v) is 5.36. The van der Waals surface area contributed by atoms with Gasteiger partial charge < -0.3 is 15.2 Å². The van der Waals surface area contributed by atoms with Crippen molar-refractivity contribution in [2.45, 2.75) is 6.92 Å². The molecule has 0 saturated carbocycles. The number of nitrogens with one attached hydrogen (secondary N) is 1. The third-order valence-electron chi connectivity index (χ3n) is 2.15. The van der Waals surface area contributed by atoms with E-state index in [-0.39, 0.29) is 17.9 Å². The highest BCUT2D eigenvalue weighted by atomic mass is 16.6. The molecule has 1 aromatic carbocycles. The zero-order valence-electron chi connectivity index (χ0n) is 10.3. The topological polar surface area (TPSA) is 136 Å². The average Bonchev–Trinajstić information content (AvgIpc) is 2.38. The smallest absolute Gasteiger partial charge is 0.397 e. The summed E-state index contributed by atoms with van der Waals surface area (Å²) in [5, 5.41) is 21.6. The van der Waals surface area contributed by atoms with E-state index in [4.69, 9.17) is 5.11 Å². The number of nitro groups is 1. The molecule has 0 aromatic heterocycles. The summed E-state index contributed by atoms with van der Waals surface area (Å²) in [7, 11) is 0. The molecule has 9 heteroatoms. The van der Waals surface area contributed by atoms with Crippen molar-refractivity contribution in [2.75, 3.05) is 11.9 Å². The zero-order chi connectivity index (χ0) is 15.3. The summed E-state index contributed by atoms with van der Waals surface area (Å²) in [4.78, 5) is 43.1. The summed E-state index contributed by atoms with van der Waals surface area (Å²) in [6, 6.07) is 2.87. The van der Waals surface area contributed by atoms with E-state index >= 15 is 0 Å². The maximum Gasteiger partial charge on any atom is 0.397 e. The summed E-state index contributed by atoms with van der Waals surface area (Å²) < 4.78 is 4.42. The molecule has 9 nitrogen and oxygen atoms in total. The fraction of sp³-hybridized carbons (Fsp3) is 0.182. The Morgan fingerprint density at radius 1 is 1.40 bits per heavy atom. The van der Waals surface area contributed by atoms with Crippen LogP contribution in [0.25, 0.3) is 0 Å². The second-order valence-electron chi connectivity index (χ2n) is 3.47. The molecule has 0 aliphatic heterocycles. The number of rotatable bonds is 4. The summed E-state index contributed by atoms with van der Waals surface area (Å²) >= 11 is 0. The van der Waals surface area contributed by atoms with E-state index in [2.05, 4.69) is 4.74 Å². The minimum Gasteiger partial charge on any atom is -0.478 e. The molecule has 0 spiro atoms. The third kappa shape index (κ3) is 3.51. The Hall–Kier alpha value is -2.97. The Bertz CT molecular complexity index is 582. The Labute approximate surface area is 112 Å². The number of carbonyl (C=O) groups excluding carboxylic acids is 2. The summed E-state index contributed by atoms with van der Waals surface area (Å²) in [5.74, 6) is -3.72. The van der Waals surface area contributed by atoms with Gasteiger partial charge in [-0.05, 0) is 19.1 Å². The SMILES string of the molecule is CCOC(=O)C(=O)Nc1ccc(C(=O)O)cc1[N+](=O)[O-]. The first-order chi connectivity index (χ1) is 9.36. The summed E-state index contributed by atoms with van der Waals surface area (Å²) in [6.07, 6.45) is 0. The Balaban J connectivity index is 3.06. The van der Waals surface area contributed by atoms with Crippen LogP contribution in [0.5, 0.6) is 0 Å². The number of hydrogen-bond donors (Lipinski definition) is 2. The molecular formula is C11H10N2O7. The molecule has 0 unspecified atom stereocenters. The first kappa shape index (κ1) is 15.1. The van der Waals surface area contributed by atoms with Gasteiger partial charge in [-0.25, -0.2) is 9.59 Å². The Morgan fingerprint density at radius 2 is 2.05 bits per heavy atom. The van der Waals surface area contributed by atoms with Crippen LogP contribution >= 0.6 is 0 Å². The number of anilines is 1. The largest absolute Gasteiger partial charge is 0.478 e. The van der Waals surface area contributed by atoms with Crippen molar-refractivity contribution in [3.8, 4) is 0 Å². The van der Waals surface area contributed by atoms with E-state index in [1.165, 1.54) is 6.92 Å². The van der Waals surface area contributed by atoms with Gasteiger partial charge in [-0.15, -0.1) is 0 Å². The molecule has 20 heavy (non-hydrogen) atoms. The molecule has 0 atom stereocenters. The van der Waals surface area contributed by atoms with Crippen molar-refractivity contribution in [2.24, 2.45) is 0 Å². The van der Waals surface area contributed by atoms with Crippen molar-refractivity contribution < 1.29 is 29.2 Å². The molecule has 0 fully saturated rings. The van der Waals surface area contributed by atoms with Crippen LogP contribution in [0.1, 0.15) is 17.3 Å². The predicted molar refractivity (Wildman–Crippen MR) is 65.3 cm³/mol. The number of nitro benzene ring substituents is 1. The molecule has 106 valence electrons. The number of carboxylic acids is 1. The van der Waals surface area contributed by atoms with Gasteiger partial charge in [-0.1, -0.05) is 0 Å². The molecule has 0 heterocycles. The maximum absolute atomic E-state index is 11.4. The standard InChI is InChI=1S/C11H10N2O7/c1-2-20-11(17)9(14)12-7-4-3-6(10(15)16)5-8(7)13(18)19/h3-5H,2H2,1H3,(H,12,14)(H,15,16). The van der Waals surface area contributed by atoms with E-state index in [0.29, 0.717) is 0 Å². The lowest BCUT2D eigenvalue weighted by molar-refractivity contribution is -0.384. The average molecular weight is 282 g/mol. The van der Waals surface area contributed by atoms with Crippen molar-refractivity contribution in [3.63, 3.8) is 0 Å². The molecule has 0 radical (unpaired) electrons. The van der Waals surface area contributed by atoms with Crippen LogP contribution in [-0.2, 0) is 14.3 Å². The van der Waals surface area contributed by atoms with Crippen molar-refractivity contribution in [3.05, 3.63) is 33.9 Å². The lowest BCUT2D eigenvalue weighted by Crippen LogP contribution is -2.25. The quantitative estimate of drug-likeness (QED) is 0.360. The zero-order valence-corrected chi connectivity index (χ0v) is 10.3. The lowest BCUT2D eigenvalue weighted by atomic mass is 10.1. The number of ether oxygens (including phenoxy) is 1. The van der Waals surface area contributed by atoms with Crippen LogP contribution in [0.2, 0.25) is 0 Å². The van der Waals surface area contributed by atoms with Gasteiger partial charge in [0.05, 0.1) is 17.1 Å². The van der Waals surface area contributed by atoms with Gasteiger partial charge in [0, 0.05) is 6.07 Å². The van der Waals surface area contributed by atoms with Gasteiger partial charge in [-0.3, -0.25) is 14.9 Å². The number of carbonyl (C=O) groups is 3. The van der Waals surface area contributed by atoms with Crippen LogP contribution in [0.4, 0.5) is 11.4 Å². The number of amides is 1. The number of benzene rings is 1. The van der Waals surface area contributed by atoms with E-state index in [0.717, 1.165) is 18.2 Å². The second kappa shape index (κ2) is 6.27. The van der Waals surface area contributed by atoms with Crippen LogP contribution in [0.15, 0.2) is 18.2 Å². The van der Waals surface area contributed by atoms with Crippen molar-refractivity contribution in [1.29, 1.82) is 0 Å².